The lowest BCUT2D eigenvalue weighted by Crippen LogP contribution is -2.51. The van der Waals surface area contributed by atoms with Gasteiger partial charge in [0.2, 0.25) is 0 Å². The molecule has 0 aromatic heterocycles. The summed E-state index contributed by atoms with van der Waals surface area (Å²) in [5.74, 6) is 2.10. The van der Waals surface area contributed by atoms with Gasteiger partial charge in [-0.25, -0.2) is 0 Å². The Hall–Kier alpha value is -1.38. The lowest BCUT2D eigenvalue weighted by atomic mass is 9.46. The minimum absolute atomic E-state index is 0.0561. The second-order valence-corrected chi connectivity index (χ2v) is 10.6. The Morgan fingerprint density at radius 1 is 0.893 bits per heavy atom. The summed E-state index contributed by atoms with van der Waals surface area (Å²) >= 11 is 0. The molecule has 6 atom stereocenters. The molecule has 0 saturated heterocycles. The van der Waals surface area contributed by atoms with Gasteiger partial charge in [0.25, 0.3) is 0 Å². The third kappa shape index (κ3) is 2.75. The average Bonchev–Trinajstić information content (AvgIpc) is 2.86. The van der Waals surface area contributed by atoms with E-state index >= 15 is 0 Å². The van der Waals surface area contributed by atoms with E-state index in [9.17, 15) is 9.59 Å². The van der Waals surface area contributed by atoms with Crippen molar-refractivity contribution in [3.63, 3.8) is 0 Å². The molecular weight excluding hydrogens is 348 g/mol. The van der Waals surface area contributed by atoms with Gasteiger partial charge >= 0.3 is 5.97 Å². The van der Waals surface area contributed by atoms with E-state index in [0.717, 1.165) is 44.1 Å². The number of ketones is 1. The first-order valence-electron chi connectivity index (χ1n) is 11.2. The molecule has 0 aliphatic heterocycles. The molecule has 2 fully saturated rings. The number of ether oxygens (including phenoxy) is 1. The molecular formula is C25H36O3. The molecule has 4 rings (SSSR count). The van der Waals surface area contributed by atoms with Gasteiger partial charge in [0.05, 0.1) is 0 Å². The third-order valence-electron chi connectivity index (χ3n) is 9.02. The number of esters is 1. The molecule has 0 heterocycles. The molecule has 0 bridgehead atoms. The maximum Gasteiger partial charge on any atom is 0.302 e. The van der Waals surface area contributed by atoms with Crippen molar-refractivity contribution in [1.29, 1.82) is 0 Å². The molecule has 0 spiro atoms. The summed E-state index contributed by atoms with van der Waals surface area (Å²) in [4.78, 5) is 23.9. The number of rotatable bonds is 2. The predicted octanol–water partition coefficient (Wildman–Crippen LogP) is 5.79. The first kappa shape index (κ1) is 19.9. The smallest absolute Gasteiger partial charge is 0.302 e. The second-order valence-electron chi connectivity index (χ2n) is 10.6. The van der Waals surface area contributed by atoms with Crippen LogP contribution in [0.1, 0.15) is 86.5 Å². The molecule has 3 heteroatoms. The van der Waals surface area contributed by atoms with E-state index in [0.29, 0.717) is 17.8 Å². The van der Waals surface area contributed by atoms with Crippen LogP contribution in [0.25, 0.3) is 0 Å². The molecule has 0 radical (unpaired) electrons. The largest absolute Gasteiger partial charge is 0.462 e. The van der Waals surface area contributed by atoms with E-state index in [1.165, 1.54) is 24.5 Å². The summed E-state index contributed by atoms with van der Waals surface area (Å²) in [7, 11) is 0. The summed E-state index contributed by atoms with van der Waals surface area (Å²) in [5.41, 5.74) is 5.89. The lowest BCUT2D eigenvalue weighted by Gasteiger charge is -2.58. The van der Waals surface area contributed by atoms with Crippen LogP contribution in [0, 0.1) is 28.6 Å². The highest BCUT2D eigenvalue weighted by Gasteiger charge is 2.59. The highest BCUT2D eigenvalue weighted by Crippen LogP contribution is 2.67. The molecule has 0 aromatic rings. The zero-order valence-electron chi connectivity index (χ0n) is 18.5. The van der Waals surface area contributed by atoms with E-state index in [2.05, 4.69) is 27.7 Å². The third-order valence-corrected chi connectivity index (χ3v) is 9.02. The summed E-state index contributed by atoms with van der Waals surface area (Å²) in [6.45, 7) is 12.6. The van der Waals surface area contributed by atoms with Crippen LogP contribution in [0.4, 0.5) is 0 Å². The van der Waals surface area contributed by atoms with Gasteiger partial charge in [-0.05, 0) is 93.5 Å². The molecule has 6 unspecified atom stereocenters. The van der Waals surface area contributed by atoms with Crippen LogP contribution in [0.2, 0.25) is 0 Å². The van der Waals surface area contributed by atoms with Gasteiger partial charge in [0.15, 0.2) is 5.78 Å². The van der Waals surface area contributed by atoms with Gasteiger partial charge in [0.1, 0.15) is 6.10 Å². The molecule has 0 N–H and O–H groups in total. The maximum absolute atomic E-state index is 12.4. The van der Waals surface area contributed by atoms with Gasteiger partial charge in [-0.1, -0.05) is 30.6 Å². The molecule has 154 valence electrons. The standard InChI is InChI=1S/C25H36O3/c1-14-11-19-20(24(5)9-7-18(13-21(14)24)28-17(4)27)8-10-25(6)22(19)12-15(2)23(25)16(3)26/h18-20,22H,7-13H2,1-6H3. The highest BCUT2D eigenvalue weighted by atomic mass is 16.5. The van der Waals surface area contributed by atoms with Crippen LogP contribution >= 0.6 is 0 Å². The Kier molecular flexibility index (Phi) is 4.67. The van der Waals surface area contributed by atoms with Crippen LogP contribution in [0.15, 0.2) is 22.3 Å². The molecule has 2 saturated carbocycles. The van der Waals surface area contributed by atoms with Crippen molar-refractivity contribution >= 4 is 11.8 Å². The number of allylic oxidation sites excluding steroid dienone is 3. The van der Waals surface area contributed by atoms with Crippen LogP contribution < -0.4 is 0 Å². The molecule has 4 aliphatic carbocycles. The topological polar surface area (TPSA) is 43.4 Å². The Morgan fingerprint density at radius 3 is 2.21 bits per heavy atom. The van der Waals surface area contributed by atoms with E-state index in [1.54, 1.807) is 12.5 Å². The number of hydrogen-bond acceptors (Lipinski definition) is 3. The monoisotopic (exact) mass is 384 g/mol. The van der Waals surface area contributed by atoms with Crippen molar-refractivity contribution in [2.45, 2.75) is 92.6 Å². The first-order valence-corrected chi connectivity index (χ1v) is 11.2. The SMILES string of the molecule is CC(=O)OC1CCC2(C)C(=C(C)CC3C2CCC2(C)C(C(C)=O)=C(C)CC32)C1. The molecule has 0 aromatic carbocycles. The van der Waals surface area contributed by atoms with Gasteiger partial charge < -0.3 is 4.74 Å². The van der Waals surface area contributed by atoms with Crippen molar-refractivity contribution in [2.75, 3.05) is 0 Å². The Labute approximate surface area is 170 Å². The molecule has 3 nitrogen and oxygen atoms in total. The Morgan fingerprint density at radius 2 is 1.57 bits per heavy atom. The summed E-state index contributed by atoms with van der Waals surface area (Å²) in [6.07, 6.45) is 7.68. The van der Waals surface area contributed by atoms with Crippen LogP contribution in [0.5, 0.6) is 0 Å². The molecule has 28 heavy (non-hydrogen) atoms. The van der Waals surface area contributed by atoms with Crippen molar-refractivity contribution < 1.29 is 14.3 Å². The van der Waals surface area contributed by atoms with Gasteiger partial charge in [0, 0.05) is 13.3 Å². The number of Topliss-reactive ketones (excluding diaryl/α,β-unsaturated/α-hetero) is 1. The van der Waals surface area contributed by atoms with E-state index < -0.39 is 0 Å². The predicted molar refractivity (Wildman–Crippen MR) is 111 cm³/mol. The Balaban J connectivity index is 1.67. The number of carbonyl (C=O) groups is 2. The molecule has 4 aliphatic rings. The number of carbonyl (C=O) groups excluding carboxylic acids is 2. The van der Waals surface area contributed by atoms with Crippen molar-refractivity contribution in [3.05, 3.63) is 22.3 Å². The van der Waals surface area contributed by atoms with Crippen LogP contribution in [-0.2, 0) is 14.3 Å². The fourth-order valence-electron chi connectivity index (χ4n) is 8.05. The summed E-state index contributed by atoms with van der Waals surface area (Å²) < 4.78 is 5.59. The maximum atomic E-state index is 12.4. The zero-order valence-corrected chi connectivity index (χ0v) is 18.5. The van der Waals surface area contributed by atoms with Gasteiger partial charge in [-0.3, -0.25) is 9.59 Å². The Bertz CT molecular complexity index is 788. The lowest BCUT2D eigenvalue weighted by molar-refractivity contribution is -0.148. The van der Waals surface area contributed by atoms with Crippen molar-refractivity contribution in [3.8, 4) is 0 Å². The van der Waals surface area contributed by atoms with Gasteiger partial charge in [-0.2, -0.15) is 0 Å². The minimum atomic E-state index is -0.154. The minimum Gasteiger partial charge on any atom is -0.462 e. The summed E-state index contributed by atoms with van der Waals surface area (Å²) in [6, 6.07) is 0. The average molecular weight is 385 g/mol. The van der Waals surface area contributed by atoms with Crippen molar-refractivity contribution in [1.82, 2.24) is 0 Å². The zero-order chi connectivity index (χ0) is 20.4. The fraction of sp³-hybridized carbons (Fsp3) is 0.760. The van der Waals surface area contributed by atoms with Crippen molar-refractivity contribution in [2.24, 2.45) is 28.6 Å². The second kappa shape index (κ2) is 6.57. The van der Waals surface area contributed by atoms with E-state index in [-0.39, 0.29) is 28.7 Å². The van der Waals surface area contributed by atoms with E-state index in [4.69, 9.17) is 4.74 Å². The highest BCUT2D eigenvalue weighted by molar-refractivity contribution is 5.96. The van der Waals surface area contributed by atoms with Crippen LogP contribution in [0.3, 0.4) is 0 Å². The first-order chi connectivity index (χ1) is 13.1. The number of hydrogen-bond donors (Lipinski definition) is 0. The van der Waals surface area contributed by atoms with Gasteiger partial charge in [-0.15, -0.1) is 0 Å². The summed E-state index contributed by atoms with van der Waals surface area (Å²) in [5, 5.41) is 0. The number of fused-ring (bicyclic) bond motifs is 5. The molecule has 0 amide bonds. The quantitative estimate of drug-likeness (QED) is 0.447. The normalized spacial score (nSPS) is 42.6. The van der Waals surface area contributed by atoms with E-state index in [1.807, 2.05) is 0 Å². The van der Waals surface area contributed by atoms with Crippen LogP contribution in [-0.4, -0.2) is 17.9 Å². The fourth-order valence-corrected chi connectivity index (χ4v) is 8.05.